The third-order valence-electron chi connectivity index (χ3n) is 1.64. The van der Waals surface area contributed by atoms with Crippen molar-refractivity contribution in [3.8, 4) is 5.75 Å². The lowest BCUT2D eigenvalue weighted by Crippen LogP contribution is -2.05. The first kappa shape index (κ1) is 11.0. The maximum Gasteiger partial charge on any atom is 0.337 e. The topological polar surface area (TPSA) is 52.6 Å². The van der Waals surface area contributed by atoms with Crippen LogP contribution < -0.4 is 4.74 Å². The molecule has 0 N–H and O–H groups in total. The minimum absolute atomic E-state index is 0.280. The molecule has 0 fully saturated rings. The molecule has 4 nitrogen and oxygen atoms in total. The van der Waals surface area contributed by atoms with Crippen LogP contribution in [-0.4, -0.2) is 19.0 Å². The maximum atomic E-state index is 11.1. The lowest BCUT2D eigenvalue weighted by atomic mass is 10.2. The Morgan fingerprint density at radius 3 is 2.73 bits per heavy atom. The SMILES string of the molecule is C=CC(=O)Oc1cccc(C(=O)OC)c1. The third kappa shape index (κ3) is 2.95. The molecule has 0 unspecified atom stereocenters. The first-order valence-corrected chi connectivity index (χ1v) is 4.20. The summed E-state index contributed by atoms with van der Waals surface area (Å²) in [6.45, 7) is 3.26. The van der Waals surface area contributed by atoms with E-state index in [1.807, 2.05) is 0 Å². The molecule has 1 rings (SSSR count). The summed E-state index contributed by atoms with van der Waals surface area (Å²) in [5, 5.41) is 0. The van der Waals surface area contributed by atoms with E-state index in [-0.39, 0.29) is 5.75 Å². The van der Waals surface area contributed by atoms with Crippen LogP contribution in [0.1, 0.15) is 10.4 Å². The number of hydrogen-bond acceptors (Lipinski definition) is 4. The number of rotatable bonds is 3. The molecule has 0 bridgehead atoms. The largest absolute Gasteiger partial charge is 0.465 e. The molecule has 4 heteroatoms. The maximum absolute atomic E-state index is 11.1. The Bertz CT molecular complexity index is 395. The highest BCUT2D eigenvalue weighted by molar-refractivity contribution is 5.90. The van der Waals surface area contributed by atoms with Gasteiger partial charge < -0.3 is 9.47 Å². The summed E-state index contributed by atoms with van der Waals surface area (Å²) >= 11 is 0. The molecule has 0 amide bonds. The van der Waals surface area contributed by atoms with Crippen molar-refractivity contribution in [2.75, 3.05) is 7.11 Å². The van der Waals surface area contributed by atoms with E-state index in [9.17, 15) is 9.59 Å². The Morgan fingerprint density at radius 1 is 1.40 bits per heavy atom. The van der Waals surface area contributed by atoms with Gasteiger partial charge in [-0.3, -0.25) is 0 Å². The van der Waals surface area contributed by atoms with E-state index < -0.39 is 11.9 Å². The van der Waals surface area contributed by atoms with Crippen molar-refractivity contribution >= 4 is 11.9 Å². The first-order chi connectivity index (χ1) is 7.17. The molecule has 1 aromatic carbocycles. The number of methoxy groups -OCH3 is 1. The third-order valence-corrected chi connectivity index (χ3v) is 1.64. The highest BCUT2D eigenvalue weighted by atomic mass is 16.5. The van der Waals surface area contributed by atoms with Crippen molar-refractivity contribution in [3.63, 3.8) is 0 Å². The van der Waals surface area contributed by atoms with Crippen LogP contribution in [-0.2, 0) is 9.53 Å². The molecule has 0 aliphatic heterocycles. The Balaban J connectivity index is 2.87. The van der Waals surface area contributed by atoms with Gasteiger partial charge >= 0.3 is 11.9 Å². The van der Waals surface area contributed by atoms with E-state index in [1.165, 1.54) is 13.2 Å². The van der Waals surface area contributed by atoms with Crippen molar-refractivity contribution in [2.45, 2.75) is 0 Å². The zero-order valence-corrected chi connectivity index (χ0v) is 8.23. The average molecular weight is 206 g/mol. The Hall–Kier alpha value is -2.10. The number of hydrogen-bond donors (Lipinski definition) is 0. The fraction of sp³-hybridized carbons (Fsp3) is 0.0909. The molecule has 0 aliphatic carbocycles. The summed E-state index contributed by atoms with van der Waals surface area (Å²) in [6.07, 6.45) is 1.05. The molecule has 0 spiro atoms. The van der Waals surface area contributed by atoms with E-state index in [4.69, 9.17) is 4.74 Å². The van der Waals surface area contributed by atoms with E-state index in [0.717, 1.165) is 6.08 Å². The van der Waals surface area contributed by atoms with Gasteiger partial charge in [0.15, 0.2) is 0 Å². The van der Waals surface area contributed by atoms with Crippen LogP contribution in [0.5, 0.6) is 5.75 Å². The zero-order chi connectivity index (χ0) is 11.3. The highest BCUT2D eigenvalue weighted by Crippen LogP contribution is 2.14. The van der Waals surface area contributed by atoms with E-state index in [1.54, 1.807) is 18.2 Å². The molecule has 0 saturated heterocycles. The van der Waals surface area contributed by atoms with Gasteiger partial charge in [-0.25, -0.2) is 9.59 Å². The number of carbonyl (C=O) groups is 2. The van der Waals surface area contributed by atoms with Crippen molar-refractivity contribution in [1.29, 1.82) is 0 Å². The van der Waals surface area contributed by atoms with Gasteiger partial charge in [0.05, 0.1) is 12.7 Å². The predicted molar refractivity (Wildman–Crippen MR) is 53.6 cm³/mol. The normalized spacial score (nSPS) is 9.13. The summed E-state index contributed by atoms with van der Waals surface area (Å²) in [6, 6.07) is 6.15. The standard InChI is InChI=1S/C11H10O4/c1-3-10(12)15-9-6-4-5-8(7-9)11(13)14-2/h3-7H,1H2,2H3. The molecular weight excluding hydrogens is 196 g/mol. The van der Waals surface area contributed by atoms with Gasteiger partial charge in [0.25, 0.3) is 0 Å². The van der Waals surface area contributed by atoms with E-state index in [0.29, 0.717) is 5.56 Å². The molecule has 1 aromatic rings. The molecule has 0 heterocycles. The molecule has 0 aromatic heterocycles. The van der Waals surface area contributed by atoms with Crippen molar-refractivity contribution in [3.05, 3.63) is 42.5 Å². The number of esters is 2. The Morgan fingerprint density at radius 2 is 2.13 bits per heavy atom. The fourth-order valence-electron chi connectivity index (χ4n) is 0.962. The summed E-state index contributed by atoms with van der Waals surface area (Å²) < 4.78 is 9.36. The average Bonchev–Trinajstić information content (AvgIpc) is 2.28. The van der Waals surface area contributed by atoms with Gasteiger partial charge in [0.2, 0.25) is 0 Å². The zero-order valence-electron chi connectivity index (χ0n) is 8.23. The summed E-state index contributed by atoms with van der Waals surface area (Å²) in [4.78, 5) is 22.0. The van der Waals surface area contributed by atoms with Gasteiger partial charge in [-0.2, -0.15) is 0 Å². The number of benzene rings is 1. The molecule has 0 radical (unpaired) electrons. The molecular formula is C11H10O4. The number of ether oxygens (including phenoxy) is 2. The van der Waals surface area contributed by atoms with Crippen LogP contribution in [0, 0.1) is 0 Å². The second-order valence-corrected chi connectivity index (χ2v) is 2.64. The molecule has 0 aliphatic rings. The Kier molecular flexibility index (Phi) is 3.62. The number of carbonyl (C=O) groups excluding carboxylic acids is 2. The van der Waals surface area contributed by atoms with Crippen LogP contribution in [0.4, 0.5) is 0 Å². The first-order valence-electron chi connectivity index (χ1n) is 4.20. The minimum Gasteiger partial charge on any atom is -0.465 e. The van der Waals surface area contributed by atoms with Crippen LogP contribution in [0.25, 0.3) is 0 Å². The van der Waals surface area contributed by atoms with Gasteiger partial charge in [-0.05, 0) is 18.2 Å². The van der Waals surface area contributed by atoms with Gasteiger partial charge in [0, 0.05) is 6.08 Å². The fourth-order valence-corrected chi connectivity index (χ4v) is 0.962. The van der Waals surface area contributed by atoms with Crippen LogP contribution in [0.15, 0.2) is 36.9 Å². The lowest BCUT2D eigenvalue weighted by Gasteiger charge is -2.03. The smallest absolute Gasteiger partial charge is 0.337 e. The second-order valence-electron chi connectivity index (χ2n) is 2.64. The summed E-state index contributed by atoms with van der Waals surface area (Å²) in [5.74, 6) is -0.772. The van der Waals surface area contributed by atoms with Crippen molar-refractivity contribution in [1.82, 2.24) is 0 Å². The molecule has 0 saturated carbocycles. The predicted octanol–water partition coefficient (Wildman–Crippen LogP) is 1.56. The van der Waals surface area contributed by atoms with E-state index >= 15 is 0 Å². The van der Waals surface area contributed by atoms with Crippen molar-refractivity contribution in [2.24, 2.45) is 0 Å². The minimum atomic E-state index is -0.572. The van der Waals surface area contributed by atoms with Crippen LogP contribution >= 0.6 is 0 Å². The van der Waals surface area contributed by atoms with Gasteiger partial charge in [-0.1, -0.05) is 12.6 Å². The lowest BCUT2D eigenvalue weighted by molar-refractivity contribution is -0.128. The van der Waals surface area contributed by atoms with E-state index in [2.05, 4.69) is 11.3 Å². The van der Waals surface area contributed by atoms with Crippen molar-refractivity contribution < 1.29 is 19.1 Å². The molecule has 78 valence electrons. The monoisotopic (exact) mass is 206 g/mol. The van der Waals surface area contributed by atoms with Crippen LogP contribution in [0.3, 0.4) is 0 Å². The summed E-state index contributed by atoms with van der Waals surface area (Å²) in [5.41, 5.74) is 0.326. The van der Waals surface area contributed by atoms with Crippen LogP contribution in [0.2, 0.25) is 0 Å². The molecule has 15 heavy (non-hydrogen) atoms. The van der Waals surface area contributed by atoms with Gasteiger partial charge in [-0.15, -0.1) is 0 Å². The summed E-state index contributed by atoms with van der Waals surface area (Å²) in [7, 11) is 1.28. The van der Waals surface area contributed by atoms with Gasteiger partial charge in [0.1, 0.15) is 5.75 Å². The molecule has 0 atom stereocenters. The highest BCUT2D eigenvalue weighted by Gasteiger charge is 2.07. The Labute approximate surface area is 87.1 Å². The second kappa shape index (κ2) is 4.95. The quantitative estimate of drug-likeness (QED) is 0.428.